The van der Waals surface area contributed by atoms with Gasteiger partial charge in [0.1, 0.15) is 5.01 Å². The molecule has 1 atom stereocenters. The van der Waals surface area contributed by atoms with E-state index in [1.165, 1.54) is 32.1 Å². The summed E-state index contributed by atoms with van der Waals surface area (Å²) in [5.74, 6) is 1.57. The van der Waals surface area contributed by atoms with Gasteiger partial charge in [-0.1, -0.05) is 43.9 Å². The number of rotatable bonds is 4. The zero-order valence-corrected chi connectivity index (χ0v) is 12.2. The predicted molar refractivity (Wildman–Crippen MR) is 76.3 cm³/mol. The molecule has 1 aliphatic rings. The van der Waals surface area contributed by atoms with Crippen LogP contribution in [0.5, 0.6) is 0 Å². The third kappa shape index (κ3) is 2.51. The van der Waals surface area contributed by atoms with Gasteiger partial charge in [-0.05, 0) is 19.3 Å². The molecule has 0 spiro atoms. The standard InChI is InChI=1S/C13H21N5S/c1-2-6-10(14)12-17-18-11(15-16-13(18)19-12)9-7-4-3-5-8-9/h9-10H,2-8,14H2,1H3. The van der Waals surface area contributed by atoms with Crippen LogP contribution in [0.3, 0.4) is 0 Å². The monoisotopic (exact) mass is 279 g/mol. The van der Waals surface area contributed by atoms with Gasteiger partial charge in [-0.15, -0.1) is 10.2 Å². The second-order valence-corrected chi connectivity index (χ2v) is 6.41. The lowest BCUT2D eigenvalue weighted by Gasteiger charge is -2.18. The first-order valence-corrected chi connectivity index (χ1v) is 8.09. The van der Waals surface area contributed by atoms with Crippen molar-refractivity contribution in [2.45, 2.75) is 63.8 Å². The van der Waals surface area contributed by atoms with Gasteiger partial charge in [0.05, 0.1) is 6.04 Å². The van der Waals surface area contributed by atoms with Crippen molar-refractivity contribution < 1.29 is 0 Å². The molecule has 2 aromatic rings. The third-order valence-corrected chi connectivity index (χ3v) is 4.95. The quantitative estimate of drug-likeness (QED) is 0.934. The Balaban J connectivity index is 1.89. The molecule has 0 amide bonds. The Morgan fingerprint density at radius 2 is 2.11 bits per heavy atom. The molecule has 0 aliphatic heterocycles. The Labute approximate surface area is 117 Å². The van der Waals surface area contributed by atoms with Crippen LogP contribution >= 0.6 is 11.3 Å². The van der Waals surface area contributed by atoms with Crippen LogP contribution in [0.25, 0.3) is 4.96 Å². The highest BCUT2D eigenvalue weighted by atomic mass is 32.1. The summed E-state index contributed by atoms with van der Waals surface area (Å²) in [5.41, 5.74) is 6.14. The minimum atomic E-state index is 0.0379. The van der Waals surface area contributed by atoms with Crippen LogP contribution in [0.15, 0.2) is 0 Å². The SMILES string of the molecule is CCCC(N)c1nn2c(C3CCCCC3)nnc2s1. The van der Waals surface area contributed by atoms with E-state index >= 15 is 0 Å². The summed E-state index contributed by atoms with van der Waals surface area (Å²) in [4.78, 5) is 0.891. The van der Waals surface area contributed by atoms with Crippen LogP contribution in [0.4, 0.5) is 0 Å². The van der Waals surface area contributed by atoms with E-state index < -0.39 is 0 Å². The van der Waals surface area contributed by atoms with Gasteiger partial charge in [0.2, 0.25) is 4.96 Å². The highest BCUT2D eigenvalue weighted by Crippen LogP contribution is 2.32. The van der Waals surface area contributed by atoms with Crippen LogP contribution in [-0.4, -0.2) is 19.8 Å². The molecule has 1 unspecified atom stereocenters. The van der Waals surface area contributed by atoms with Crippen LogP contribution in [0.1, 0.15) is 74.7 Å². The molecule has 5 nitrogen and oxygen atoms in total. The summed E-state index contributed by atoms with van der Waals surface area (Å²) >= 11 is 1.58. The van der Waals surface area contributed by atoms with Crippen LogP contribution in [0, 0.1) is 0 Å². The summed E-state index contributed by atoms with van der Waals surface area (Å²) < 4.78 is 1.94. The lowest BCUT2D eigenvalue weighted by molar-refractivity contribution is 0.422. The van der Waals surface area contributed by atoms with Gasteiger partial charge >= 0.3 is 0 Å². The summed E-state index contributed by atoms with van der Waals surface area (Å²) in [6.45, 7) is 2.15. The maximum atomic E-state index is 6.14. The molecule has 1 fully saturated rings. The molecule has 0 saturated heterocycles. The minimum absolute atomic E-state index is 0.0379. The normalized spacial score (nSPS) is 19.1. The summed E-state index contributed by atoms with van der Waals surface area (Å²) in [5, 5.41) is 14.3. The van der Waals surface area contributed by atoms with Crippen molar-refractivity contribution in [2.75, 3.05) is 0 Å². The van der Waals surface area contributed by atoms with E-state index in [1.807, 2.05) is 4.52 Å². The van der Waals surface area contributed by atoms with Gasteiger partial charge in [-0.3, -0.25) is 0 Å². The number of aromatic nitrogens is 4. The Morgan fingerprint density at radius 1 is 1.32 bits per heavy atom. The van der Waals surface area contributed by atoms with Gasteiger partial charge in [0.25, 0.3) is 0 Å². The van der Waals surface area contributed by atoms with Gasteiger partial charge in [-0.2, -0.15) is 9.61 Å². The fourth-order valence-electron chi connectivity index (χ4n) is 2.85. The molecule has 2 N–H and O–H groups in total. The molecule has 0 bridgehead atoms. The van der Waals surface area contributed by atoms with Crippen molar-refractivity contribution >= 4 is 16.3 Å². The molecule has 0 aromatic carbocycles. The summed E-state index contributed by atoms with van der Waals surface area (Å²) in [6.07, 6.45) is 8.43. The van der Waals surface area contributed by atoms with Crippen molar-refractivity contribution in [3.8, 4) is 0 Å². The second kappa shape index (κ2) is 5.54. The van der Waals surface area contributed by atoms with Crippen molar-refractivity contribution in [2.24, 2.45) is 5.73 Å². The summed E-state index contributed by atoms with van der Waals surface area (Å²) in [6, 6.07) is 0.0379. The highest BCUT2D eigenvalue weighted by molar-refractivity contribution is 7.16. The van der Waals surface area contributed by atoms with Crippen molar-refractivity contribution in [3.63, 3.8) is 0 Å². The van der Waals surface area contributed by atoms with Crippen molar-refractivity contribution in [1.82, 2.24) is 19.8 Å². The van der Waals surface area contributed by atoms with Crippen molar-refractivity contribution in [3.05, 3.63) is 10.8 Å². The van der Waals surface area contributed by atoms with Crippen molar-refractivity contribution in [1.29, 1.82) is 0 Å². The number of hydrogen-bond acceptors (Lipinski definition) is 5. The first-order valence-electron chi connectivity index (χ1n) is 7.27. The molecular formula is C13H21N5S. The minimum Gasteiger partial charge on any atom is -0.322 e. The molecule has 2 aromatic heterocycles. The number of hydrogen-bond donors (Lipinski definition) is 1. The molecular weight excluding hydrogens is 258 g/mol. The van der Waals surface area contributed by atoms with Crippen LogP contribution in [-0.2, 0) is 0 Å². The largest absolute Gasteiger partial charge is 0.322 e. The third-order valence-electron chi connectivity index (χ3n) is 3.92. The molecule has 0 radical (unpaired) electrons. The average Bonchev–Trinajstić information content (AvgIpc) is 2.99. The average molecular weight is 279 g/mol. The Hall–Kier alpha value is -1.01. The molecule has 1 saturated carbocycles. The lowest BCUT2D eigenvalue weighted by Crippen LogP contribution is -2.12. The van der Waals surface area contributed by atoms with E-state index in [9.17, 15) is 0 Å². The topological polar surface area (TPSA) is 69.1 Å². The molecule has 6 heteroatoms. The zero-order chi connectivity index (χ0) is 13.2. The highest BCUT2D eigenvalue weighted by Gasteiger charge is 2.23. The number of nitrogens with zero attached hydrogens (tertiary/aromatic N) is 4. The first-order chi connectivity index (χ1) is 9.29. The molecule has 19 heavy (non-hydrogen) atoms. The van der Waals surface area contributed by atoms with E-state index in [1.54, 1.807) is 11.3 Å². The number of fused-ring (bicyclic) bond motifs is 1. The fraction of sp³-hybridized carbons (Fsp3) is 0.769. The van der Waals surface area contributed by atoms with E-state index in [0.29, 0.717) is 5.92 Å². The molecule has 2 heterocycles. The smallest absolute Gasteiger partial charge is 0.234 e. The molecule has 104 valence electrons. The zero-order valence-electron chi connectivity index (χ0n) is 11.4. The van der Waals surface area contributed by atoms with E-state index in [-0.39, 0.29) is 6.04 Å². The molecule has 1 aliphatic carbocycles. The Morgan fingerprint density at radius 3 is 2.84 bits per heavy atom. The van der Waals surface area contributed by atoms with Gasteiger partial charge in [-0.25, -0.2) is 0 Å². The number of nitrogens with two attached hydrogens (primary N) is 1. The van der Waals surface area contributed by atoms with E-state index in [0.717, 1.165) is 28.6 Å². The van der Waals surface area contributed by atoms with Gasteiger partial charge < -0.3 is 5.73 Å². The lowest BCUT2D eigenvalue weighted by atomic mass is 9.89. The fourth-order valence-corrected chi connectivity index (χ4v) is 3.73. The maximum Gasteiger partial charge on any atom is 0.234 e. The first kappa shape index (κ1) is 13.0. The Kier molecular flexibility index (Phi) is 3.79. The Bertz CT molecular complexity index is 540. The van der Waals surface area contributed by atoms with E-state index in [4.69, 9.17) is 5.73 Å². The predicted octanol–water partition coefficient (Wildman–Crippen LogP) is 3.03. The van der Waals surface area contributed by atoms with Gasteiger partial charge in [0, 0.05) is 5.92 Å². The molecule has 3 rings (SSSR count). The van der Waals surface area contributed by atoms with E-state index in [2.05, 4.69) is 22.2 Å². The summed E-state index contributed by atoms with van der Waals surface area (Å²) in [7, 11) is 0. The van der Waals surface area contributed by atoms with Crippen LogP contribution < -0.4 is 5.73 Å². The van der Waals surface area contributed by atoms with Crippen LogP contribution in [0.2, 0.25) is 0 Å². The second-order valence-electron chi connectivity index (χ2n) is 5.42. The van der Waals surface area contributed by atoms with Gasteiger partial charge in [0.15, 0.2) is 5.82 Å². The maximum absolute atomic E-state index is 6.14.